The molecule has 1 aliphatic heterocycles. The lowest BCUT2D eigenvalue weighted by molar-refractivity contribution is -0.129. The van der Waals surface area contributed by atoms with Crippen molar-refractivity contribution >= 4 is 43.6 Å². The summed E-state index contributed by atoms with van der Waals surface area (Å²) >= 11 is 6.27. The Morgan fingerprint density at radius 2 is 1.83 bits per heavy atom. The molecule has 8 N–H and O–H groups in total. The maximum absolute atomic E-state index is 12.1. The average molecular weight is 640 g/mol. The van der Waals surface area contributed by atoms with E-state index in [-0.39, 0.29) is 28.8 Å². The van der Waals surface area contributed by atoms with Gasteiger partial charge in [-0.15, -0.1) is 0 Å². The Balaban J connectivity index is 1.25. The van der Waals surface area contributed by atoms with Crippen LogP contribution in [0.15, 0.2) is 6.20 Å². The Hall–Kier alpha value is -1.26. The molecule has 0 radical (unpaired) electrons. The predicted molar refractivity (Wildman–Crippen MR) is 141 cm³/mol. The molecule has 3 heterocycles. The number of anilines is 1. The maximum atomic E-state index is 12.1. The highest BCUT2D eigenvalue weighted by Crippen LogP contribution is 2.57. The molecular formula is C22H32ClN5O11P2. The summed E-state index contributed by atoms with van der Waals surface area (Å²) in [6.07, 6.45) is 0.814. The predicted octanol–water partition coefficient (Wildman–Crippen LogP) is 0.150. The van der Waals surface area contributed by atoms with Gasteiger partial charge in [0.2, 0.25) is 5.28 Å². The number of ether oxygens (including phenoxy) is 1. The van der Waals surface area contributed by atoms with Gasteiger partial charge in [0.15, 0.2) is 17.8 Å². The zero-order chi connectivity index (χ0) is 29.5. The lowest BCUT2D eigenvalue weighted by Crippen LogP contribution is -2.59. The molecule has 4 bridgehead atoms. The van der Waals surface area contributed by atoms with Crippen molar-refractivity contribution in [1.29, 1.82) is 0 Å². The summed E-state index contributed by atoms with van der Waals surface area (Å²) in [7, 11) is -9.73. The summed E-state index contributed by atoms with van der Waals surface area (Å²) in [5, 5.41) is 50.9. The fourth-order valence-corrected chi connectivity index (χ4v) is 10.1. The van der Waals surface area contributed by atoms with Crippen molar-refractivity contribution < 1.29 is 53.5 Å². The second-order valence-electron chi connectivity index (χ2n) is 11.9. The first-order chi connectivity index (χ1) is 19.1. The molecule has 0 amide bonds. The van der Waals surface area contributed by atoms with Crippen LogP contribution < -0.4 is 5.32 Å². The number of aliphatic hydroxyl groups is 4. The van der Waals surface area contributed by atoms with Gasteiger partial charge in [-0.2, -0.15) is 15.1 Å². The van der Waals surface area contributed by atoms with Gasteiger partial charge in [-0.05, 0) is 61.5 Å². The topological polar surface area (TPSA) is 250 Å². The SMILES string of the molecule is O=P(O)(O)CP(=O)(O)OC[C@H]1O[C@@H](n2ncc3c(NC4C5CC6C[C@H]4CC(O)(C6)C5)nc(Cl)nc32)[C@H](O)[C@@]1(O)CO. The van der Waals surface area contributed by atoms with Crippen LogP contribution in [0.2, 0.25) is 5.28 Å². The van der Waals surface area contributed by atoms with E-state index in [1.165, 1.54) is 6.20 Å². The van der Waals surface area contributed by atoms with Crippen molar-refractivity contribution in [2.45, 2.75) is 67.8 Å². The summed E-state index contributed by atoms with van der Waals surface area (Å²) in [5.74, 6) is -0.0309. The molecule has 4 aliphatic carbocycles. The summed E-state index contributed by atoms with van der Waals surface area (Å²) in [6.45, 7) is -1.94. The van der Waals surface area contributed by atoms with Crippen molar-refractivity contribution in [2.75, 3.05) is 24.4 Å². The smallest absolute Gasteiger partial charge is 0.340 e. The Bertz CT molecular complexity index is 1430. The van der Waals surface area contributed by atoms with E-state index in [0.717, 1.165) is 23.9 Å². The van der Waals surface area contributed by atoms with Crippen molar-refractivity contribution in [3.63, 3.8) is 0 Å². The summed E-state index contributed by atoms with van der Waals surface area (Å²) in [6, 6.07) is 0.0565. The van der Waals surface area contributed by atoms with Crippen LogP contribution in [0, 0.1) is 17.8 Å². The molecule has 2 aromatic rings. The van der Waals surface area contributed by atoms with Gasteiger partial charge in [0.05, 0.1) is 30.4 Å². The highest BCUT2D eigenvalue weighted by atomic mass is 35.5. The van der Waals surface area contributed by atoms with Crippen LogP contribution in [0.3, 0.4) is 0 Å². The third-order valence-corrected chi connectivity index (χ3v) is 12.5. The highest BCUT2D eigenvalue weighted by Gasteiger charge is 2.57. The number of hydrogen-bond acceptors (Lipinski definition) is 12. The van der Waals surface area contributed by atoms with E-state index in [1.54, 1.807) is 0 Å². The van der Waals surface area contributed by atoms with Crippen LogP contribution in [-0.2, 0) is 18.4 Å². The van der Waals surface area contributed by atoms with E-state index >= 15 is 0 Å². The molecular weight excluding hydrogens is 608 g/mol. The largest absolute Gasteiger partial charge is 0.393 e. The first-order valence-electron chi connectivity index (χ1n) is 13.2. The molecule has 41 heavy (non-hydrogen) atoms. The Kier molecular flexibility index (Phi) is 7.37. The fraction of sp³-hybridized carbons (Fsp3) is 0.773. The molecule has 5 unspecified atom stereocenters. The van der Waals surface area contributed by atoms with Crippen LogP contribution in [0.5, 0.6) is 0 Å². The van der Waals surface area contributed by atoms with Crippen LogP contribution >= 0.6 is 26.8 Å². The molecule has 0 aromatic carbocycles. The molecule has 19 heteroatoms. The zero-order valence-corrected chi connectivity index (χ0v) is 24.1. The van der Waals surface area contributed by atoms with Crippen molar-refractivity contribution in [1.82, 2.24) is 19.7 Å². The van der Waals surface area contributed by atoms with E-state index in [0.29, 0.717) is 30.0 Å². The fourth-order valence-electron chi connectivity index (χ4n) is 7.40. The summed E-state index contributed by atoms with van der Waals surface area (Å²) in [5.41, 5.74) is -2.88. The molecule has 16 nitrogen and oxygen atoms in total. The number of hydrogen-bond donors (Lipinski definition) is 8. The molecule has 2 aromatic heterocycles. The van der Waals surface area contributed by atoms with E-state index in [4.69, 9.17) is 30.6 Å². The van der Waals surface area contributed by atoms with Gasteiger partial charge in [0.1, 0.15) is 23.6 Å². The molecule has 0 spiro atoms. The number of fused-ring (bicyclic) bond motifs is 1. The van der Waals surface area contributed by atoms with Crippen molar-refractivity contribution in [2.24, 2.45) is 17.8 Å². The quantitative estimate of drug-likeness (QED) is 0.134. The van der Waals surface area contributed by atoms with Gasteiger partial charge in [-0.1, -0.05) is 0 Å². The number of aromatic nitrogens is 4. The average Bonchev–Trinajstić information content (AvgIpc) is 3.36. The lowest BCUT2D eigenvalue weighted by atomic mass is 9.52. The lowest BCUT2D eigenvalue weighted by Gasteiger charge is -2.58. The van der Waals surface area contributed by atoms with Gasteiger partial charge >= 0.3 is 15.2 Å². The normalized spacial score (nSPS) is 39.9. The first kappa shape index (κ1) is 29.8. The minimum absolute atomic E-state index is 0.0565. The van der Waals surface area contributed by atoms with Gasteiger partial charge in [-0.25, -0.2) is 4.68 Å². The van der Waals surface area contributed by atoms with Gasteiger partial charge < -0.3 is 49.7 Å². The maximum Gasteiger partial charge on any atom is 0.340 e. The Labute approximate surface area is 238 Å². The zero-order valence-electron chi connectivity index (χ0n) is 21.6. The number of nitrogens with one attached hydrogen (secondary N) is 1. The third-order valence-electron chi connectivity index (χ3n) is 8.90. The van der Waals surface area contributed by atoms with Crippen LogP contribution in [0.1, 0.15) is 38.3 Å². The number of halogens is 1. The number of rotatable bonds is 9. The van der Waals surface area contributed by atoms with Crippen molar-refractivity contribution in [3.8, 4) is 0 Å². The van der Waals surface area contributed by atoms with E-state index in [9.17, 15) is 34.4 Å². The molecule has 5 aliphatic rings. The van der Waals surface area contributed by atoms with Crippen LogP contribution in [-0.4, -0.2) is 103 Å². The third kappa shape index (κ3) is 5.47. The minimum atomic E-state index is -4.91. The van der Waals surface area contributed by atoms with E-state index in [2.05, 4.69) is 20.4 Å². The molecule has 1 saturated heterocycles. The van der Waals surface area contributed by atoms with Gasteiger partial charge in [-0.3, -0.25) is 9.13 Å². The second-order valence-corrected chi connectivity index (χ2v) is 16.2. The summed E-state index contributed by atoms with van der Waals surface area (Å²) in [4.78, 5) is 36.4. The first-order valence-corrected chi connectivity index (χ1v) is 17.1. The Morgan fingerprint density at radius 1 is 1.15 bits per heavy atom. The monoisotopic (exact) mass is 639 g/mol. The highest BCUT2D eigenvalue weighted by molar-refractivity contribution is 7.70. The number of nitrogens with zero attached hydrogens (tertiary/aromatic N) is 4. The van der Waals surface area contributed by atoms with E-state index < -0.39 is 63.9 Å². The Morgan fingerprint density at radius 3 is 2.44 bits per heavy atom. The van der Waals surface area contributed by atoms with Crippen LogP contribution in [0.25, 0.3) is 11.0 Å². The molecule has 4 saturated carbocycles. The minimum Gasteiger partial charge on any atom is -0.393 e. The molecule has 228 valence electrons. The van der Waals surface area contributed by atoms with Gasteiger partial charge in [0.25, 0.3) is 0 Å². The van der Waals surface area contributed by atoms with Gasteiger partial charge in [0, 0.05) is 6.04 Å². The van der Waals surface area contributed by atoms with Crippen LogP contribution in [0.4, 0.5) is 5.82 Å². The standard InChI is InChI=1S/C22H32ClN5O11P2/c23-20-26-17(25-15-11-1-10-2-12(15)5-21(31,3-10)4-11)13-6-24-28(18(13)27-20)19-16(30)22(32,8-29)14(39-19)7-38-41(36,37)9-40(33,34)35/h6,10-12,14-16,19,29-32H,1-5,7-9H2,(H,36,37)(H,25,26,27)(H2,33,34,35)/t10?,11-,12?,14+,15?,16-,19+,21?,22+/m0/s1. The number of aliphatic hydroxyl groups excluding tert-OH is 2. The molecule has 7 rings (SSSR count). The van der Waals surface area contributed by atoms with Crippen molar-refractivity contribution in [3.05, 3.63) is 11.5 Å². The van der Waals surface area contributed by atoms with E-state index in [1.807, 2.05) is 0 Å². The summed E-state index contributed by atoms with van der Waals surface area (Å²) < 4.78 is 34.9. The molecule has 10 atom stereocenters. The second kappa shape index (κ2) is 10.1. The molecule has 5 fully saturated rings.